The molecule has 0 spiro atoms. The first-order valence-corrected chi connectivity index (χ1v) is 6.73. The number of nitrogens with one attached hydrogen (secondary N) is 1. The van der Waals surface area contributed by atoms with Crippen LogP contribution in [-0.4, -0.2) is 18.8 Å². The first-order chi connectivity index (χ1) is 8.10. The van der Waals surface area contributed by atoms with E-state index >= 15 is 0 Å². The lowest BCUT2D eigenvalue weighted by molar-refractivity contribution is 0.00298. The van der Waals surface area contributed by atoms with Crippen LogP contribution < -0.4 is 5.32 Å². The van der Waals surface area contributed by atoms with E-state index in [0.717, 1.165) is 30.7 Å². The van der Waals surface area contributed by atoms with Crippen LogP contribution in [0.2, 0.25) is 0 Å². The fourth-order valence-corrected chi connectivity index (χ4v) is 2.53. The third-order valence-corrected chi connectivity index (χ3v) is 3.73. The highest BCUT2D eigenvalue weighted by molar-refractivity contribution is 9.10. The summed E-state index contributed by atoms with van der Waals surface area (Å²) in [6, 6.07) is 3.76. The van der Waals surface area contributed by atoms with Crippen LogP contribution in [-0.2, 0) is 4.74 Å². The van der Waals surface area contributed by atoms with E-state index in [-0.39, 0.29) is 5.82 Å². The maximum atomic E-state index is 13.4. The van der Waals surface area contributed by atoms with Crippen molar-refractivity contribution in [3.8, 4) is 0 Å². The monoisotopic (exact) mass is 301 g/mol. The number of hydrogen-bond donors (Lipinski definition) is 1. The Hall–Kier alpha value is -0.610. The van der Waals surface area contributed by atoms with Gasteiger partial charge in [-0.25, -0.2) is 4.39 Å². The fraction of sp³-hybridized carbons (Fsp3) is 0.538. The second-order valence-electron chi connectivity index (χ2n) is 4.47. The van der Waals surface area contributed by atoms with E-state index in [9.17, 15) is 4.39 Å². The molecule has 1 N–H and O–H groups in total. The molecular formula is C13H17BrFNO. The molecule has 0 aliphatic heterocycles. The summed E-state index contributed by atoms with van der Waals surface area (Å²) in [5.41, 5.74) is 1.93. The van der Waals surface area contributed by atoms with Gasteiger partial charge in [0, 0.05) is 18.3 Å². The molecule has 4 heteroatoms. The molecule has 1 saturated carbocycles. The fourth-order valence-electron chi connectivity index (χ4n) is 2.08. The molecule has 0 heterocycles. The maximum Gasteiger partial charge on any atom is 0.139 e. The van der Waals surface area contributed by atoms with Crippen LogP contribution in [0, 0.1) is 12.7 Å². The number of rotatable bonds is 4. The summed E-state index contributed by atoms with van der Waals surface area (Å²) in [5.74, 6) is -0.223. The van der Waals surface area contributed by atoms with Crippen molar-refractivity contribution < 1.29 is 9.13 Å². The van der Waals surface area contributed by atoms with Gasteiger partial charge in [0.05, 0.1) is 10.6 Å². The van der Waals surface area contributed by atoms with Crippen LogP contribution in [0.1, 0.15) is 25.3 Å². The number of anilines is 1. The summed E-state index contributed by atoms with van der Waals surface area (Å²) in [6.07, 6.45) is 2.38. The Bertz CT molecular complexity index is 405. The van der Waals surface area contributed by atoms with Crippen LogP contribution in [0.4, 0.5) is 10.1 Å². The first kappa shape index (κ1) is 12.8. The summed E-state index contributed by atoms with van der Waals surface area (Å²) in [4.78, 5) is 0. The van der Waals surface area contributed by atoms with Crippen molar-refractivity contribution in [2.45, 2.75) is 38.8 Å². The molecule has 0 bridgehead atoms. The number of hydrogen-bond acceptors (Lipinski definition) is 2. The average molecular weight is 302 g/mol. The van der Waals surface area contributed by atoms with Gasteiger partial charge in [-0.3, -0.25) is 0 Å². The van der Waals surface area contributed by atoms with E-state index in [2.05, 4.69) is 21.2 Å². The largest absolute Gasteiger partial charge is 0.382 e. The maximum absolute atomic E-state index is 13.4. The number of ether oxygens (including phenoxy) is 1. The number of halogens is 2. The molecule has 0 atom stereocenters. The van der Waals surface area contributed by atoms with Crippen LogP contribution in [0.25, 0.3) is 0 Å². The van der Waals surface area contributed by atoms with E-state index in [1.165, 1.54) is 0 Å². The van der Waals surface area contributed by atoms with Gasteiger partial charge in [-0.2, -0.15) is 0 Å². The van der Waals surface area contributed by atoms with Crippen molar-refractivity contribution in [3.63, 3.8) is 0 Å². The Balaban J connectivity index is 1.94. The molecule has 1 aliphatic carbocycles. The Labute approximate surface area is 110 Å². The molecule has 0 unspecified atom stereocenters. The third kappa shape index (κ3) is 2.99. The van der Waals surface area contributed by atoms with Crippen molar-refractivity contribution >= 4 is 21.6 Å². The van der Waals surface area contributed by atoms with Gasteiger partial charge in [0.2, 0.25) is 0 Å². The highest BCUT2D eigenvalue weighted by Crippen LogP contribution is 2.30. The molecule has 0 amide bonds. The molecule has 1 aromatic rings. The molecule has 2 rings (SSSR count). The highest BCUT2D eigenvalue weighted by Gasteiger charge is 2.29. The van der Waals surface area contributed by atoms with Crippen LogP contribution in [0.5, 0.6) is 0 Å². The zero-order valence-electron chi connectivity index (χ0n) is 10.1. The molecule has 1 aromatic carbocycles. The Morgan fingerprint density at radius 3 is 2.82 bits per heavy atom. The zero-order valence-corrected chi connectivity index (χ0v) is 11.7. The quantitative estimate of drug-likeness (QED) is 0.911. The van der Waals surface area contributed by atoms with Crippen molar-refractivity contribution in [1.82, 2.24) is 0 Å². The molecule has 0 saturated heterocycles. The summed E-state index contributed by atoms with van der Waals surface area (Å²) in [7, 11) is 0. The van der Waals surface area contributed by atoms with Gasteiger partial charge in [0.25, 0.3) is 0 Å². The minimum Gasteiger partial charge on any atom is -0.382 e. The zero-order chi connectivity index (χ0) is 12.4. The average Bonchev–Trinajstić information content (AvgIpc) is 2.22. The van der Waals surface area contributed by atoms with Crippen LogP contribution in [0.3, 0.4) is 0 Å². The Morgan fingerprint density at radius 2 is 2.18 bits per heavy atom. The third-order valence-electron chi connectivity index (χ3n) is 3.12. The van der Waals surface area contributed by atoms with Gasteiger partial charge in [0.1, 0.15) is 5.82 Å². The van der Waals surface area contributed by atoms with Crippen molar-refractivity contribution in [1.29, 1.82) is 0 Å². The minimum absolute atomic E-state index is 0.223. The topological polar surface area (TPSA) is 21.3 Å². The number of benzene rings is 1. The van der Waals surface area contributed by atoms with Crippen molar-refractivity contribution in [2.24, 2.45) is 0 Å². The summed E-state index contributed by atoms with van der Waals surface area (Å²) in [6.45, 7) is 4.75. The molecular weight excluding hydrogens is 285 g/mol. The van der Waals surface area contributed by atoms with E-state index in [1.54, 1.807) is 12.1 Å². The van der Waals surface area contributed by atoms with Crippen LogP contribution >= 0.6 is 15.9 Å². The van der Waals surface area contributed by atoms with Gasteiger partial charge in [-0.1, -0.05) is 0 Å². The summed E-state index contributed by atoms with van der Waals surface area (Å²) >= 11 is 3.18. The second kappa shape index (κ2) is 5.36. The lowest BCUT2D eigenvalue weighted by Gasteiger charge is -2.36. The minimum atomic E-state index is -0.223. The highest BCUT2D eigenvalue weighted by atomic mass is 79.9. The van der Waals surface area contributed by atoms with Gasteiger partial charge in [0.15, 0.2) is 0 Å². The van der Waals surface area contributed by atoms with Gasteiger partial charge < -0.3 is 10.1 Å². The van der Waals surface area contributed by atoms with Crippen molar-refractivity contribution in [3.05, 3.63) is 28.0 Å². The second-order valence-corrected chi connectivity index (χ2v) is 5.33. The van der Waals surface area contributed by atoms with E-state index < -0.39 is 0 Å². The van der Waals surface area contributed by atoms with E-state index in [0.29, 0.717) is 16.6 Å². The van der Waals surface area contributed by atoms with Crippen molar-refractivity contribution in [2.75, 3.05) is 11.9 Å². The van der Waals surface area contributed by atoms with Gasteiger partial charge in [-0.15, -0.1) is 0 Å². The molecule has 2 nitrogen and oxygen atoms in total. The number of aryl methyl sites for hydroxylation is 1. The SMILES string of the molecule is CCOC1CC(Nc2cc(F)c(Br)cc2C)C1. The molecule has 94 valence electrons. The Morgan fingerprint density at radius 1 is 1.47 bits per heavy atom. The van der Waals surface area contributed by atoms with E-state index in [4.69, 9.17) is 4.74 Å². The van der Waals surface area contributed by atoms with Gasteiger partial charge in [-0.05, 0) is 60.3 Å². The Kier molecular flexibility index (Phi) is 4.05. The normalized spacial score (nSPS) is 23.3. The smallest absolute Gasteiger partial charge is 0.139 e. The predicted molar refractivity (Wildman–Crippen MR) is 70.9 cm³/mol. The lowest BCUT2D eigenvalue weighted by atomic mass is 9.89. The molecule has 0 aromatic heterocycles. The molecule has 17 heavy (non-hydrogen) atoms. The van der Waals surface area contributed by atoms with Gasteiger partial charge >= 0.3 is 0 Å². The predicted octanol–water partition coefficient (Wildman–Crippen LogP) is 3.88. The lowest BCUT2D eigenvalue weighted by Crippen LogP contribution is -2.40. The summed E-state index contributed by atoms with van der Waals surface area (Å²) < 4.78 is 19.4. The molecule has 0 radical (unpaired) electrons. The molecule has 1 aliphatic rings. The molecule has 1 fully saturated rings. The first-order valence-electron chi connectivity index (χ1n) is 5.94. The van der Waals surface area contributed by atoms with Crippen LogP contribution in [0.15, 0.2) is 16.6 Å². The summed E-state index contributed by atoms with van der Waals surface area (Å²) in [5, 5.41) is 3.36. The standard InChI is InChI=1S/C13H17BrFNO/c1-3-17-10-5-9(6-10)16-13-7-12(15)11(14)4-8(13)2/h4,7,9-10,16H,3,5-6H2,1-2H3. The van der Waals surface area contributed by atoms with E-state index in [1.807, 2.05) is 13.8 Å².